The molecule has 0 aliphatic heterocycles. The summed E-state index contributed by atoms with van der Waals surface area (Å²) in [6, 6.07) is 4.02. The first-order valence-corrected chi connectivity index (χ1v) is 7.03. The summed E-state index contributed by atoms with van der Waals surface area (Å²) in [7, 11) is 0. The minimum absolute atomic E-state index is 0.0525. The molecule has 21 heavy (non-hydrogen) atoms. The number of nitro benzene ring substituents is 1. The largest absolute Gasteiger partial charge is 0.490 e. The van der Waals surface area contributed by atoms with Crippen molar-refractivity contribution in [3.05, 3.63) is 32.8 Å². The van der Waals surface area contributed by atoms with E-state index in [2.05, 4.69) is 21.2 Å². The number of hydrogen-bond donors (Lipinski definition) is 2. The van der Waals surface area contributed by atoms with Gasteiger partial charge in [-0.25, -0.2) is 0 Å². The summed E-state index contributed by atoms with van der Waals surface area (Å²) in [6.07, 6.45) is 0. The third kappa shape index (κ3) is 4.68. The van der Waals surface area contributed by atoms with Gasteiger partial charge in [-0.2, -0.15) is 0 Å². The van der Waals surface area contributed by atoms with Crippen molar-refractivity contribution in [2.45, 2.75) is 32.4 Å². The molecule has 1 rings (SSSR count). The van der Waals surface area contributed by atoms with Crippen molar-refractivity contribution in [1.82, 2.24) is 5.32 Å². The minimum Gasteiger partial charge on any atom is -0.490 e. The molecule has 0 fully saturated rings. The molecule has 1 aromatic carbocycles. The number of ether oxygens (including phenoxy) is 1. The Morgan fingerprint density at radius 3 is 2.67 bits per heavy atom. The zero-order valence-corrected chi connectivity index (χ0v) is 13.5. The van der Waals surface area contributed by atoms with Crippen molar-refractivity contribution in [3.8, 4) is 5.75 Å². The predicted octanol–water partition coefficient (Wildman–Crippen LogP) is 2.58. The van der Waals surface area contributed by atoms with Crippen LogP contribution in [0.4, 0.5) is 5.69 Å². The lowest BCUT2D eigenvalue weighted by molar-refractivity contribution is -0.385. The average molecular weight is 361 g/mol. The standard InChI is InChI=1S/C13H17BrN2O5/c1-8(2)15-13(3,12(17)18)7-21-11-6-9(16(19)20)4-5-10(11)14/h4-6,8,15H,7H2,1-3H3,(H,17,18). The Hall–Kier alpha value is -1.67. The number of non-ortho nitro benzene ring substituents is 1. The van der Waals surface area contributed by atoms with E-state index >= 15 is 0 Å². The number of nitro groups is 1. The van der Waals surface area contributed by atoms with Gasteiger partial charge in [-0.1, -0.05) is 0 Å². The Labute approximate surface area is 130 Å². The lowest BCUT2D eigenvalue weighted by atomic mass is 10.0. The van der Waals surface area contributed by atoms with Gasteiger partial charge in [0.25, 0.3) is 5.69 Å². The van der Waals surface area contributed by atoms with Crippen molar-refractivity contribution in [2.24, 2.45) is 0 Å². The summed E-state index contributed by atoms with van der Waals surface area (Å²) in [5.41, 5.74) is -1.42. The Balaban J connectivity index is 2.92. The highest BCUT2D eigenvalue weighted by molar-refractivity contribution is 9.10. The van der Waals surface area contributed by atoms with Crippen LogP contribution in [0.2, 0.25) is 0 Å². The topological polar surface area (TPSA) is 102 Å². The number of hydrogen-bond acceptors (Lipinski definition) is 5. The second kappa shape index (κ2) is 6.86. The maximum Gasteiger partial charge on any atom is 0.327 e. The summed E-state index contributed by atoms with van der Waals surface area (Å²) in [4.78, 5) is 21.6. The van der Waals surface area contributed by atoms with E-state index in [0.29, 0.717) is 4.47 Å². The van der Waals surface area contributed by atoms with Crippen LogP contribution < -0.4 is 10.1 Å². The molecule has 0 amide bonds. The monoisotopic (exact) mass is 360 g/mol. The molecular formula is C13H17BrN2O5. The first-order chi connectivity index (χ1) is 9.65. The number of carboxylic acid groups (broad SMARTS) is 1. The normalized spacial score (nSPS) is 13.8. The van der Waals surface area contributed by atoms with Crippen LogP contribution in [0.25, 0.3) is 0 Å². The van der Waals surface area contributed by atoms with Gasteiger partial charge in [0.05, 0.1) is 15.5 Å². The highest BCUT2D eigenvalue weighted by atomic mass is 79.9. The first-order valence-electron chi connectivity index (χ1n) is 6.23. The Morgan fingerprint density at radius 2 is 2.19 bits per heavy atom. The van der Waals surface area contributed by atoms with Gasteiger partial charge >= 0.3 is 5.97 Å². The zero-order valence-electron chi connectivity index (χ0n) is 11.9. The lowest BCUT2D eigenvalue weighted by Gasteiger charge is -2.28. The lowest BCUT2D eigenvalue weighted by Crippen LogP contribution is -2.56. The molecule has 7 nitrogen and oxygen atoms in total. The Kier molecular flexibility index (Phi) is 5.68. The maximum atomic E-state index is 11.4. The van der Waals surface area contributed by atoms with E-state index in [-0.39, 0.29) is 24.1 Å². The number of nitrogens with one attached hydrogen (secondary N) is 1. The van der Waals surface area contributed by atoms with Crippen molar-refractivity contribution in [1.29, 1.82) is 0 Å². The molecule has 0 heterocycles. The number of carboxylic acids is 1. The molecule has 1 aromatic rings. The highest BCUT2D eigenvalue weighted by Crippen LogP contribution is 2.29. The van der Waals surface area contributed by atoms with Gasteiger partial charge in [0, 0.05) is 12.1 Å². The number of carbonyl (C=O) groups is 1. The maximum absolute atomic E-state index is 11.4. The highest BCUT2D eigenvalue weighted by Gasteiger charge is 2.35. The second-order valence-electron chi connectivity index (χ2n) is 5.10. The third-order valence-corrected chi connectivity index (χ3v) is 3.38. The molecule has 116 valence electrons. The van der Waals surface area contributed by atoms with Gasteiger partial charge in [0.15, 0.2) is 0 Å². The molecule has 0 bridgehead atoms. The van der Waals surface area contributed by atoms with Crippen LogP contribution in [0.15, 0.2) is 22.7 Å². The van der Waals surface area contributed by atoms with E-state index in [1.165, 1.54) is 25.1 Å². The number of aliphatic carboxylic acids is 1. The van der Waals surface area contributed by atoms with Crippen molar-refractivity contribution in [3.63, 3.8) is 0 Å². The fourth-order valence-corrected chi connectivity index (χ4v) is 2.10. The van der Waals surface area contributed by atoms with Crippen molar-refractivity contribution < 1.29 is 19.6 Å². The Morgan fingerprint density at radius 1 is 1.57 bits per heavy atom. The molecule has 0 aliphatic rings. The number of nitrogens with zero attached hydrogens (tertiary/aromatic N) is 1. The van der Waals surface area contributed by atoms with E-state index < -0.39 is 16.4 Å². The third-order valence-electron chi connectivity index (χ3n) is 2.72. The van der Waals surface area contributed by atoms with Crippen molar-refractivity contribution >= 4 is 27.6 Å². The van der Waals surface area contributed by atoms with Gasteiger partial charge in [-0.05, 0) is 42.8 Å². The second-order valence-corrected chi connectivity index (χ2v) is 5.95. The molecule has 0 radical (unpaired) electrons. The van der Waals surface area contributed by atoms with E-state index in [4.69, 9.17) is 4.74 Å². The van der Waals surface area contributed by atoms with Crippen LogP contribution in [0.1, 0.15) is 20.8 Å². The average Bonchev–Trinajstić information content (AvgIpc) is 2.36. The van der Waals surface area contributed by atoms with Crippen LogP contribution in [0, 0.1) is 10.1 Å². The van der Waals surface area contributed by atoms with Crippen LogP contribution >= 0.6 is 15.9 Å². The summed E-state index contributed by atoms with van der Waals surface area (Å²) >= 11 is 3.22. The Bertz CT molecular complexity index is 549. The SMILES string of the molecule is CC(C)NC(C)(COc1cc([N+](=O)[O-])ccc1Br)C(=O)O. The van der Waals surface area contributed by atoms with Crippen LogP contribution in [0.3, 0.4) is 0 Å². The summed E-state index contributed by atoms with van der Waals surface area (Å²) in [5, 5.41) is 23.0. The van der Waals surface area contributed by atoms with Crippen LogP contribution in [-0.4, -0.2) is 34.2 Å². The van der Waals surface area contributed by atoms with E-state index in [0.717, 1.165) is 0 Å². The summed E-state index contributed by atoms with van der Waals surface area (Å²) in [6.45, 7) is 4.98. The van der Waals surface area contributed by atoms with Gasteiger partial charge in [-0.15, -0.1) is 0 Å². The molecule has 0 saturated heterocycles. The predicted molar refractivity (Wildman–Crippen MR) is 80.6 cm³/mol. The van der Waals surface area contributed by atoms with E-state index in [1.54, 1.807) is 0 Å². The molecule has 1 unspecified atom stereocenters. The smallest absolute Gasteiger partial charge is 0.327 e. The number of benzene rings is 1. The van der Waals surface area contributed by atoms with Crippen LogP contribution in [0.5, 0.6) is 5.75 Å². The quantitative estimate of drug-likeness (QED) is 0.572. The van der Waals surface area contributed by atoms with Crippen molar-refractivity contribution in [2.75, 3.05) is 6.61 Å². The van der Waals surface area contributed by atoms with Gasteiger partial charge in [0.1, 0.15) is 17.9 Å². The molecule has 0 saturated carbocycles. The summed E-state index contributed by atoms with van der Waals surface area (Å²) in [5.74, 6) is -0.833. The summed E-state index contributed by atoms with van der Waals surface area (Å²) < 4.78 is 5.98. The molecular weight excluding hydrogens is 344 g/mol. The molecule has 0 aromatic heterocycles. The number of halogens is 1. The van der Waals surface area contributed by atoms with Gasteiger partial charge < -0.3 is 9.84 Å². The first kappa shape index (κ1) is 17.4. The fraction of sp³-hybridized carbons (Fsp3) is 0.462. The van der Waals surface area contributed by atoms with E-state index in [1.807, 2.05) is 13.8 Å². The van der Waals surface area contributed by atoms with E-state index in [9.17, 15) is 20.0 Å². The minimum atomic E-state index is -1.29. The zero-order chi connectivity index (χ0) is 16.2. The molecule has 2 N–H and O–H groups in total. The van der Waals surface area contributed by atoms with Crippen LogP contribution in [-0.2, 0) is 4.79 Å². The van der Waals surface area contributed by atoms with Gasteiger partial charge in [0.2, 0.25) is 0 Å². The molecule has 0 spiro atoms. The molecule has 1 atom stereocenters. The fourth-order valence-electron chi connectivity index (χ4n) is 1.74. The number of rotatable bonds is 7. The molecule has 0 aliphatic carbocycles. The molecule has 8 heteroatoms. The van der Waals surface area contributed by atoms with Gasteiger partial charge in [-0.3, -0.25) is 20.2 Å².